The van der Waals surface area contributed by atoms with Crippen molar-refractivity contribution in [3.05, 3.63) is 22.9 Å². The zero-order chi connectivity index (χ0) is 18.1. The third-order valence-electron chi connectivity index (χ3n) is 3.95. The number of carbonyl (C=O) groups is 1. The topological polar surface area (TPSA) is 82.6 Å². The monoisotopic (exact) mass is 354 g/mol. The summed E-state index contributed by atoms with van der Waals surface area (Å²) >= 11 is 0. The first kappa shape index (κ1) is 18.7. The van der Waals surface area contributed by atoms with Crippen LogP contribution >= 0.6 is 0 Å². The molecule has 134 valence electrons. The van der Waals surface area contributed by atoms with E-state index >= 15 is 0 Å². The maximum atomic E-state index is 12.5. The Bertz CT molecular complexity index is 729. The first-order chi connectivity index (χ1) is 11.1. The maximum absolute atomic E-state index is 12.5. The van der Waals surface area contributed by atoms with E-state index in [0.717, 1.165) is 11.3 Å². The summed E-state index contributed by atoms with van der Waals surface area (Å²) < 4.78 is 25.1. The van der Waals surface area contributed by atoms with Gasteiger partial charge in [0.15, 0.2) is 0 Å². The van der Waals surface area contributed by atoms with Crippen LogP contribution in [0.5, 0.6) is 0 Å². The summed E-state index contributed by atoms with van der Waals surface area (Å²) in [4.78, 5) is 18.7. The molecular weight excluding hydrogens is 328 g/mol. The van der Waals surface area contributed by atoms with Gasteiger partial charge in [-0.15, -0.1) is 0 Å². The van der Waals surface area contributed by atoms with Crippen LogP contribution in [0.2, 0.25) is 0 Å². The highest BCUT2D eigenvalue weighted by atomic mass is 32.2. The van der Waals surface area contributed by atoms with Gasteiger partial charge in [-0.25, -0.2) is 17.7 Å². The molecule has 0 spiro atoms. The lowest BCUT2D eigenvalue weighted by Gasteiger charge is -2.19. The minimum Gasteiger partial charge on any atom is -0.367 e. The molecule has 0 bridgehead atoms. The molecule has 0 saturated heterocycles. The lowest BCUT2D eigenvalue weighted by atomic mass is 10.0. The summed E-state index contributed by atoms with van der Waals surface area (Å²) in [5.74, 6) is 0.452. The summed E-state index contributed by atoms with van der Waals surface area (Å²) in [6.07, 6.45) is 2.33. The number of hydrogen-bond acceptors (Lipinski definition) is 5. The van der Waals surface area contributed by atoms with Gasteiger partial charge in [0.1, 0.15) is 5.82 Å². The van der Waals surface area contributed by atoms with Crippen molar-refractivity contribution < 1.29 is 13.2 Å². The highest BCUT2D eigenvalue weighted by Crippen LogP contribution is 2.23. The number of sulfonamides is 1. The second-order valence-electron chi connectivity index (χ2n) is 6.65. The van der Waals surface area contributed by atoms with Crippen LogP contribution in [-0.2, 0) is 22.9 Å². The van der Waals surface area contributed by atoms with E-state index in [0.29, 0.717) is 37.3 Å². The maximum Gasteiger partial charge on any atom is 0.257 e. The average molecular weight is 354 g/mol. The van der Waals surface area contributed by atoms with Crippen molar-refractivity contribution in [3.8, 4) is 0 Å². The molecule has 1 aromatic rings. The van der Waals surface area contributed by atoms with Crippen molar-refractivity contribution in [1.29, 1.82) is 0 Å². The first-order valence-corrected chi connectivity index (χ1v) is 9.90. The van der Waals surface area contributed by atoms with E-state index in [4.69, 9.17) is 0 Å². The van der Waals surface area contributed by atoms with Crippen LogP contribution in [0.25, 0.3) is 0 Å². The molecule has 0 aliphatic carbocycles. The Morgan fingerprint density at radius 2 is 1.92 bits per heavy atom. The minimum absolute atomic E-state index is 0.113. The molecule has 1 aliphatic heterocycles. The van der Waals surface area contributed by atoms with Crippen molar-refractivity contribution in [3.63, 3.8) is 0 Å². The largest absolute Gasteiger partial charge is 0.367 e. The number of anilines is 1. The lowest BCUT2D eigenvalue weighted by Crippen LogP contribution is -2.32. The zero-order valence-electron chi connectivity index (χ0n) is 15.0. The zero-order valence-corrected chi connectivity index (χ0v) is 15.8. The van der Waals surface area contributed by atoms with Crippen molar-refractivity contribution >= 4 is 21.7 Å². The fourth-order valence-electron chi connectivity index (χ4n) is 2.73. The molecule has 2 heterocycles. The van der Waals surface area contributed by atoms with Crippen LogP contribution in [0, 0.1) is 0 Å². The summed E-state index contributed by atoms with van der Waals surface area (Å²) in [5, 5.41) is 3.23. The Morgan fingerprint density at radius 3 is 2.46 bits per heavy atom. The second kappa shape index (κ2) is 7.06. The number of rotatable bonds is 4. The Hall–Kier alpha value is -1.67. The molecule has 1 amide bonds. The molecule has 7 nitrogen and oxygen atoms in total. The summed E-state index contributed by atoms with van der Waals surface area (Å²) in [6, 6.07) is 2.00. The number of nitrogens with zero attached hydrogens (tertiary/aromatic N) is 3. The van der Waals surface area contributed by atoms with Crippen LogP contribution in [0.4, 0.5) is 5.82 Å². The van der Waals surface area contributed by atoms with Crippen LogP contribution < -0.4 is 5.32 Å². The molecule has 0 unspecified atom stereocenters. The number of amides is 1. The number of aromatic nitrogens is 1. The molecule has 0 saturated carbocycles. The average Bonchev–Trinajstić information content (AvgIpc) is 2.66. The van der Waals surface area contributed by atoms with E-state index in [1.165, 1.54) is 15.5 Å². The van der Waals surface area contributed by atoms with Gasteiger partial charge in [0.25, 0.3) is 5.91 Å². The molecule has 24 heavy (non-hydrogen) atoms. The molecular formula is C16H26N4O3S. The van der Waals surface area contributed by atoms with E-state index in [-0.39, 0.29) is 11.9 Å². The quantitative estimate of drug-likeness (QED) is 0.871. The Morgan fingerprint density at radius 1 is 1.29 bits per heavy atom. The molecule has 1 N–H and O–H groups in total. The molecule has 0 fully saturated rings. The highest BCUT2D eigenvalue weighted by molar-refractivity contribution is 7.88. The Balaban J connectivity index is 2.43. The number of nitrogens with one attached hydrogen (secondary N) is 1. The third kappa shape index (κ3) is 4.24. The summed E-state index contributed by atoms with van der Waals surface area (Å²) in [7, 11) is 0.193. The van der Waals surface area contributed by atoms with Gasteiger partial charge in [-0.3, -0.25) is 4.79 Å². The van der Waals surface area contributed by atoms with Crippen LogP contribution in [0.1, 0.15) is 35.5 Å². The SMILES string of the molecule is CC(C)Nc1nc2c(cc1C(=O)N(C)C)CCN(S(C)(=O)=O)CC2. The molecule has 2 rings (SSSR count). The van der Waals surface area contributed by atoms with E-state index < -0.39 is 10.0 Å². The smallest absolute Gasteiger partial charge is 0.257 e. The highest BCUT2D eigenvalue weighted by Gasteiger charge is 2.24. The van der Waals surface area contributed by atoms with Crippen LogP contribution in [-0.4, -0.2) is 68.0 Å². The fraction of sp³-hybridized carbons (Fsp3) is 0.625. The normalized spacial score (nSPS) is 15.8. The van der Waals surface area contributed by atoms with Crippen molar-refractivity contribution in [2.24, 2.45) is 0 Å². The van der Waals surface area contributed by atoms with Crippen LogP contribution in [0.15, 0.2) is 6.07 Å². The van der Waals surface area contributed by atoms with Crippen molar-refractivity contribution in [1.82, 2.24) is 14.2 Å². The second-order valence-corrected chi connectivity index (χ2v) is 8.63. The first-order valence-electron chi connectivity index (χ1n) is 8.05. The van der Waals surface area contributed by atoms with Crippen LogP contribution in [0.3, 0.4) is 0 Å². The van der Waals surface area contributed by atoms with E-state index in [2.05, 4.69) is 10.3 Å². The van der Waals surface area contributed by atoms with Crippen molar-refractivity contribution in [2.75, 3.05) is 38.8 Å². The van der Waals surface area contributed by atoms with Gasteiger partial charge in [-0.2, -0.15) is 0 Å². The van der Waals surface area contributed by atoms with Gasteiger partial charge in [-0.05, 0) is 31.9 Å². The van der Waals surface area contributed by atoms with Gasteiger partial charge in [0.2, 0.25) is 10.0 Å². The molecule has 1 aliphatic rings. The predicted molar refractivity (Wildman–Crippen MR) is 94.8 cm³/mol. The standard InChI is InChI=1S/C16H26N4O3S/c1-11(2)17-15-13(16(21)19(3)4)10-12-6-8-20(24(5,22)23)9-7-14(12)18-15/h10-11H,6-9H2,1-5H3,(H,17,18). The fourth-order valence-corrected chi connectivity index (χ4v) is 3.58. The Kier molecular flexibility index (Phi) is 5.49. The van der Waals surface area contributed by atoms with Crippen molar-refractivity contribution in [2.45, 2.75) is 32.7 Å². The van der Waals surface area contributed by atoms with Gasteiger partial charge < -0.3 is 10.2 Å². The van der Waals surface area contributed by atoms with E-state index in [9.17, 15) is 13.2 Å². The molecule has 1 aromatic heterocycles. The predicted octanol–water partition coefficient (Wildman–Crippen LogP) is 0.964. The number of carbonyl (C=O) groups excluding carboxylic acids is 1. The van der Waals surface area contributed by atoms with E-state index in [1.807, 2.05) is 19.9 Å². The number of fused-ring (bicyclic) bond motifs is 1. The molecule has 0 aromatic carbocycles. The molecule has 8 heteroatoms. The molecule has 0 radical (unpaired) electrons. The summed E-state index contributed by atoms with van der Waals surface area (Å²) in [5.41, 5.74) is 2.33. The third-order valence-corrected chi connectivity index (χ3v) is 5.25. The van der Waals surface area contributed by atoms with Gasteiger partial charge in [-0.1, -0.05) is 0 Å². The van der Waals surface area contributed by atoms with Gasteiger partial charge in [0.05, 0.1) is 11.8 Å². The number of pyridine rings is 1. The lowest BCUT2D eigenvalue weighted by molar-refractivity contribution is 0.0828. The molecule has 0 atom stereocenters. The minimum atomic E-state index is -3.22. The van der Waals surface area contributed by atoms with E-state index in [1.54, 1.807) is 14.1 Å². The van der Waals surface area contributed by atoms with Gasteiger partial charge in [0, 0.05) is 45.3 Å². The summed E-state index contributed by atoms with van der Waals surface area (Å²) in [6.45, 7) is 4.81. The van der Waals surface area contributed by atoms with Gasteiger partial charge >= 0.3 is 0 Å². The number of hydrogen-bond donors (Lipinski definition) is 1. The Labute approximate surface area is 144 Å².